The second-order valence-corrected chi connectivity index (χ2v) is 10.2. The fourth-order valence-corrected chi connectivity index (χ4v) is 4.40. The number of para-hydroxylation sites is 1. The minimum Gasteiger partial charge on any atom is -0.423 e. The van der Waals surface area contributed by atoms with E-state index in [2.05, 4.69) is 10.5 Å². The van der Waals surface area contributed by atoms with Crippen LogP contribution in [0.2, 0.25) is 0 Å². The largest absolute Gasteiger partial charge is 0.423 e. The van der Waals surface area contributed by atoms with E-state index in [1.54, 1.807) is 97.1 Å². The number of hydrazone groups is 1. The fourth-order valence-electron chi connectivity index (χ4n) is 3.51. The van der Waals surface area contributed by atoms with Crippen LogP contribution in [0.25, 0.3) is 0 Å². The zero-order valence-electron chi connectivity index (χ0n) is 20.5. The van der Waals surface area contributed by atoms with Crippen molar-refractivity contribution in [3.63, 3.8) is 0 Å². The number of nitrogens with one attached hydrogen (secondary N) is 1. The number of hydrogen-bond acceptors (Lipinski definition) is 6. The molecule has 4 aromatic carbocycles. The van der Waals surface area contributed by atoms with Gasteiger partial charge in [0.05, 0.1) is 30.3 Å². The first-order chi connectivity index (χ1) is 18.3. The van der Waals surface area contributed by atoms with E-state index >= 15 is 0 Å². The number of sulfonamides is 1. The van der Waals surface area contributed by atoms with Crippen molar-refractivity contribution in [2.24, 2.45) is 5.10 Å². The lowest BCUT2D eigenvalue weighted by Crippen LogP contribution is -2.29. The second-order valence-electron chi connectivity index (χ2n) is 8.33. The normalized spacial score (nSPS) is 11.2. The standard InChI is InChI=1S/C29H25N3O5S/c1-38(35,36)32(26-10-6-3-7-11-26)21-23-12-16-24(17-13-23)28(33)31-30-20-22-14-18-27(19-15-22)37-29(34)25-8-4-2-5-9-25/h2-20H,21H2,1H3,(H,31,33)/b30-20-. The van der Waals surface area contributed by atoms with Crippen LogP contribution in [0.5, 0.6) is 5.75 Å². The van der Waals surface area contributed by atoms with E-state index in [9.17, 15) is 18.0 Å². The highest BCUT2D eigenvalue weighted by atomic mass is 32.2. The molecule has 0 bridgehead atoms. The summed E-state index contributed by atoms with van der Waals surface area (Å²) in [6, 6.07) is 30.8. The molecule has 1 N–H and O–H groups in total. The molecule has 0 fully saturated rings. The number of nitrogens with zero attached hydrogens (tertiary/aromatic N) is 2. The monoisotopic (exact) mass is 527 g/mol. The molecule has 4 aromatic rings. The van der Waals surface area contributed by atoms with E-state index in [1.165, 1.54) is 10.5 Å². The topological polar surface area (TPSA) is 105 Å². The van der Waals surface area contributed by atoms with Crippen LogP contribution in [0, 0.1) is 0 Å². The molecule has 192 valence electrons. The number of benzene rings is 4. The Hall–Kier alpha value is -4.76. The van der Waals surface area contributed by atoms with Crippen molar-refractivity contribution < 1.29 is 22.7 Å². The molecule has 4 rings (SSSR count). The summed E-state index contributed by atoms with van der Waals surface area (Å²) >= 11 is 0. The number of hydrogen-bond donors (Lipinski definition) is 1. The Morgan fingerprint density at radius 1 is 0.816 bits per heavy atom. The van der Waals surface area contributed by atoms with Gasteiger partial charge in [-0.3, -0.25) is 9.10 Å². The van der Waals surface area contributed by atoms with Crippen LogP contribution in [0.4, 0.5) is 5.69 Å². The van der Waals surface area contributed by atoms with Crippen LogP contribution in [-0.2, 0) is 16.6 Å². The van der Waals surface area contributed by atoms with E-state index in [-0.39, 0.29) is 6.54 Å². The lowest BCUT2D eigenvalue weighted by atomic mass is 10.1. The minimum absolute atomic E-state index is 0.138. The highest BCUT2D eigenvalue weighted by molar-refractivity contribution is 7.92. The highest BCUT2D eigenvalue weighted by Crippen LogP contribution is 2.20. The maximum Gasteiger partial charge on any atom is 0.343 e. The van der Waals surface area contributed by atoms with Gasteiger partial charge in [0, 0.05) is 5.56 Å². The summed E-state index contributed by atoms with van der Waals surface area (Å²) in [5.74, 6) is -0.472. The van der Waals surface area contributed by atoms with Gasteiger partial charge < -0.3 is 4.74 Å². The molecule has 0 aliphatic rings. The van der Waals surface area contributed by atoms with E-state index in [1.807, 2.05) is 12.1 Å². The molecule has 0 heterocycles. The van der Waals surface area contributed by atoms with Crippen molar-refractivity contribution in [3.8, 4) is 5.75 Å². The summed E-state index contributed by atoms with van der Waals surface area (Å²) in [6.45, 7) is 0.138. The maximum atomic E-state index is 12.5. The number of esters is 1. The van der Waals surface area contributed by atoms with Crippen molar-refractivity contribution in [1.29, 1.82) is 0 Å². The van der Waals surface area contributed by atoms with E-state index in [0.29, 0.717) is 28.1 Å². The fraction of sp³-hybridized carbons (Fsp3) is 0.0690. The number of rotatable bonds is 9. The first-order valence-electron chi connectivity index (χ1n) is 11.6. The van der Waals surface area contributed by atoms with Gasteiger partial charge in [-0.15, -0.1) is 0 Å². The average Bonchev–Trinajstić information content (AvgIpc) is 2.93. The molecule has 0 saturated carbocycles. The van der Waals surface area contributed by atoms with Gasteiger partial charge in [-0.05, 0) is 71.8 Å². The van der Waals surface area contributed by atoms with E-state index in [0.717, 1.165) is 11.8 Å². The summed E-state index contributed by atoms with van der Waals surface area (Å²) in [5, 5.41) is 3.98. The van der Waals surface area contributed by atoms with Crippen LogP contribution in [0.15, 0.2) is 114 Å². The third-order valence-corrected chi connectivity index (χ3v) is 6.61. The lowest BCUT2D eigenvalue weighted by molar-refractivity contribution is 0.0734. The Labute approximate surface area is 221 Å². The molecule has 0 unspecified atom stereocenters. The summed E-state index contributed by atoms with van der Waals surface area (Å²) in [4.78, 5) is 24.6. The molecule has 8 nitrogen and oxygen atoms in total. The predicted molar refractivity (Wildman–Crippen MR) is 147 cm³/mol. The molecule has 1 amide bonds. The lowest BCUT2D eigenvalue weighted by Gasteiger charge is -2.22. The van der Waals surface area contributed by atoms with Crippen molar-refractivity contribution in [1.82, 2.24) is 5.43 Å². The minimum atomic E-state index is -3.49. The van der Waals surface area contributed by atoms with Gasteiger partial charge in [0.25, 0.3) is 5.91 Å². The molecule has 0 spiro atoms. The molecular weight excluding hydrogens is 502 g/mol. The Morgan fingerprint density at radius 3 is 2.03 bits per heavy atom. The number of carbonyl (C=O) groups excluding carboxylic acids is 2. The van der Waals surface area contributed by atoms with Crippen LogP contribution < -0.4 is 14.5 Å². The van der Waals surface area contributed by atoms with Crippen molar-refractivity contribution in [3.05, 3.63) is 131 Å². The van der Waals surface area contributed by atoms with Gasteiger partial charge in [0.1, 0.15) is 5.75 Å². The molecule has 0 aliphatic carbocycles. The van der Waals surface area contributed by atoms with Crippen LogP contribution in [0.3, 0.4) is 0 Å². The molecule has 38 heavy (non-hydrogen) atoms. The van der Waals surface area contributed by atoms with Crippen LogP contribution >= 0.6 is 0 Å². The summed E-state index contributed by atoms with van der Waals surface area (Å²) in [5.41, 5.74) is 5.28. The third kappa shape index (κ3) is 7.14. The Balaban J connectivity index is 1.32. The number of amides is 1. The number of ether oxygens (including phenoxy) is 1. The highest BCUT2D eigenvalue weighted by Gasteiger charge is 2.18. The van der Waals surface area contributed by atoms with Crippen LogP contribution in [0.1, 0.15) is 31.8 Å². The smallest absolute Gasteiger partial charge is 0.343 e. The van der Waals surface area contributed by atoms with Crippen molar-refractivity contribution >= 4 is 33.8 Å². The van der Waals surface area contributed by atoms with Gasteiger partial charge in [0.2, 0.25) is 10.0 Å². The quantitative estimate of drug-likeness (QED) is 0.148. The summed E-state index contributed by atoms with van der Waals surface area (Å²) < 4.78 is 31.2. The molecule has 0 saturated heterocycles. The van der Waals surface area contributed by atoms with Gasteiger partial charge in [-0.1, -0.05) is 48.5 Å². The first kappa shape index (κ1) is 26.3. The molecule has 0 aromatic heterocycles. The van der Waals surface area contributed by atoms with E-state index < -0.39 is 21.9 Å². The molecule has 0 atom stereocenters. The number of anilines is 1. The summed E-state index contributed by atoms with van der Waals surface area (Å²) in [7, 11) is -3.49. The van der Waals surface area contributed by atoms with Crippen molar-refractivity contribution in [2.75, 3.05) is 10.6 Å². The van der Waals surface area contributed by atoms with Gasteiger partial charge in [0.15, 0.2) is 0 Å². The van der Waals surface area contributed by atoms with Gasteiger partial charge >= 0.3 is 5.97 Å². The first-order valence-corrected chi connectivity index (χ1v) is 13.5. The Bertz CT molecular complexity index is 1520. The Kier molecular flexibility index (Phi) is 8.30. The molecule has 0 radical (unpaired) electrons. The van der Waals surface area contributed by atoms with Gasteiger partial charge in [-0.25, -0.2) is 18.6 Å². The second kappa shape index (κ2) is 12.0. The van der Waals surface area contributed by atoms with Crippen molar-refractivity contribution in [2.45, 2.75) is 6.54 Å². The SMILES string of the molecule is CS(=O)(=O)N(Cc1ccc(C(=O)N/N=C\c2ccc(OC(=O)c3ccccc3)cc2)cc1)c1ccccc1. The third-order valence-electron chi connectivity index (χ3n) is 5.47. The Morgan fingerprint density at radius 2 is 1.42 bits per heavy atom. The zero-order chi connectivity index (χ0) is 27.0. The molecule has 0 aliphatic heterocycles. The van der Waals surface area contributed by atoms with E-state index in [4.69, 9.17) is 4.74 Å². The molecular formula is C29H25N3O5S. The number of carbonyl (C=O) groups is 2. The van der Waals surface area contributed by atoms with Crippen LogP contribution in [-0.4, -0.2) is 32.8 Å². The van der Waals surface area contributed by atoms with Gasteiger partial charge in [-0.2, -0.15) is 5.10 Å². The predicted octanol–water partition coefficient (Wildman–Crippen LogP) is 4.64. The molecule has 9 heteroatoms. The average molecular weight is 528 g/mol. The maximum absolute atomic E-state index is 12.5. The summed E-state index contributed by atoms with van der Waals surface area (Å²) in [6.07, 6.45) is 2.63. The zero-order valence-corrected chi connectivity index (χ0v) is 21.3.